The maximum atomic E-state index is 12.5. The van der Waals surface area contributed by atoms with Gasteiger partial charge in [-0.3, -0.25) is 5.32 Å². The lowest BCUT2D eigenvalue weighted by atomic mass is 10.1. The maximum Gasteiger partial charge on any atom is 0.412 e. The summed E-state index contributed by atoms with van der Waals surface area (Å²) in [6.07, 6.45) is -0.592. The third-order valence-electron chi connectivity index (χ3n) is 4.66. The van der Waals surface area contributed by atoms with Crippen molar-refractivity contribution in [2.75, 3.05) is 24.9 Å². The molecule has 0 saturated carbocycles. The summed E-state index contributed by atoms with van der Waals surface area (Å²) in [4.78, 5) is 12.5. The molecule has 0 spiro atoms. The quantitative estimate of drug-likeness (QED) is 0.354. The van der Waals surface area contributed by atoms with Gasteiger partial charge in [-0.05, 0) is 57.2 Å². The van der Waals surface area contributed by atoms with Crippen molar-refractivity contribution >= 4 is 29.1 Å². The van der Waals surface area contributed by atoms with E-state index in [9.17, 15) is 4.79 Å². The van der Waals surface area contributed by atoms with Crippen molar-refractivity contribution in [2.24, 2.45) is 0 Å². The van der Waals surface area contributed by atoms with E-state index in [4.69, 9.17) is 30.5 Å². The molecular formula is C26H29ClN2O5. The molecule has 34 heavy (non-hydrogen) atoms. The van der Waals surface area contributed by atoms with Gasteiger partial charge in [0.25, 0.3) is 0 Å². The van der Waals surface area contributed by atoms with Gasteiger partial charge < -0.3 is 24.3 Å². The summed E-state index contributed by atoms with van der Waals surface area (Å²) < 4.78 is 22.3. The van der Waals surface area contributed by atoms with Crippen LogP contribution in [0.3, 0.4) is 0 Å². The van der Waals surface area contributed by atoms with Crippen molar-refractivity contribution < 1.29 is 23.7 Å². The first-order chi connectivity index (χ1) is 16.2. The lowest BCUT2D eigenvalue weighted by Gasteiger charge is -2.22. The zero-order valence-corrected chi connectivity index (χ0v) is 20.7. The summed E-state index contributed by atoms with van der Waals surface area (Å²) in [6.45, 7) is 5.76. The number of nitrogens with one attached hydrogen (secondary N) is 2. The second kappa shape index (κ2) is 11.0. The van der Waals surface area contributed by atoms with Crippen LogP contribution in [0, 0.1) is 0 Å². The fourth-order valence-electron chi connectivity index (χ4n) is 3.14. The molecular weight excluding hydrogens is 456 g/mol. The molecule has 0 atom stereocenters. The number of hydrogen-bond acceptors (Lipinski definition) is 6. The molecule has 0 fully saturated rings. The van der Waals surface area contributed by atoms with Crippen molar-refractivity contribution in [1.82, 2.24) is 0 Å². The molecule has 7 nitrogen and oxygen atoms in total. The van der Waals surface area contributed by atoms with Crippen molar-refractivity contribution in [3.05, 3.63) is 71.2 Å². The molecule has 0 aliphatic rings. The molecule has 0 aromatic heterocycles. The summed E-state index contributed by atoms with van der Waals surface area (Å²) in [6, 6.07) is 18.2. The molecule has 0 radical (unpaired) electrons. The number of benzene rings is 3. The van der Waals surface area contributed by atoms with E-state index in [1.54, 1.807) is 53.2 Å². The molecule has 0 aliphatic carbocycles. The molecule has 0 bridgehead atoms. The Morgan fingerprint density at radius 1 is 0.941 bits per heavy atom. The number of carbonyl (C=O) groups excluding carboxylic acids is 1. The van der Waals surface area contributed by atoms with E-state index in [1.807, 2.05) is 42.5 Å². The first kappa shape index (κ1) is 25.1. The second-order valence-corrected chi connectivity index (χ2v) is 8.78. The number of amides is 1. The van der Waals surface area contributed by atoms with Crippen LogP contribution in [0.15, 0.2) is 60.7 Å². The van der Waals surface area contributed by atoms with Crippen molar-refractivity contribution in [3.8, 4) is 23.0 Å². The summed E-state index contributed by atoms with van der Waals surface area (Å²) >= 11 is 6.52. The van der Waals surface area contributed by atoms with Gasteiger partial charge in [0, 0.05) is 18.2 Å². The van der Waals surface area contributed by atoms with E-state index in [1.165, 1.54) is 0 Å². The lowest BCUT2D eigenvalue weighted by molar-refractivity contribution is 0.0636. The topological polar surface area (TPSA) is 78.1 Å². The Kier molecular flexibility index (Phi) is 8.12. The van der Waals surface area contributed by atoms with E-state index < -0.39 is 11.7 Å². The van der Waals surface area contributed by atoms with Gasteiger partial charge in [-0.25, -0.2) is 4.79 Å². The van der Waals surface area contributed by atoms with Crippen LogP contribution in [0.4, 0.5) is 16.2 Å². The van der Waals surface area contributed by atoms with Crippen LogP contribution in [-0.2, 0) is 11.3 Å². The Balaban J connectivity index is 1.97. The van der Waals surface area contributed by atoms with E-state index in [-0.39, 0.29) is 0 Å². The van der Waals surface area contributed by atoms with Gasteiger partial charge in [-0.2, -0.15) is 0 Å². The number of ether oxygens (including phenoxy) is 4. The normalized spacial score (nSPS) is 10.9. The van der Waals surface area contributed by atoms with Gasteiger partial charge in [-0.1, -0.05) is 29.8 Å². The summed E-state index contributed by atoms with van der Waals surface area (Å²) in [5.74, 6) is 2.31. The molecule has 0 heterocycles. The fourth-order valence-corrected chi connectivity index (χ4v) is 3.33. The molecule has 3 rings (SSSR count). The highest BCUT2D eigenvalue weighted by atomic mass is 35.5. The van der Waals surface area contributed by atoms with Crippen LogP contribution in [0.5, 0.6) is 23.0 Å². The second-order valence-electron chi connectivity index (χ2n) is 8.37. The van der Waals surface area contributed by atoms with Crippen LogP contribution < -0.4 is 24.8 Å². The highest BCUT2D eigenvalue weighted by Crippen LogP contribution is 2.42. The highest BCUT2D eigenvalue weighted by molar-refractivity contribution is 6.33. The molecule has 3 aromatic carbocycles. The smallest absolute Gasteiger partial charge is 0.412 e. The number of rotatable bonds is 8. The molecule has 180 valence electrons. The average molecular weight is 485 g/mol. The molecule has 1 amide bonds. The molecule has 0 saturated heterocycles. The highest BCUT2D eigenvalue weighted by Gasteiger charge is 2.21. The first-order valence-electron chi connectivity index (χ1n) is 10.7. The monoisotopic (exact) mass is 484 g/mol. The fraction of sp³-hybridized carbons (Fsp3) is 0.269. The zero-order chi connectivity index (χ0) is 24.7. The molecule has 8 heteroatoms. The van der Waals surface area contributed by atoms with Gasteiger partial charge in [0.05, 0.1) is 24.9 Å². The molecule has 0 unspecified atom stereocenters. The zero-order valence-electron chi connectivity index (χ0n) is 19.9. The lowest BCUT2D eigenvalue weighted by Crippen LogP contribution is -2.27. The third-order valence-corrected chi connectivity index (χ3v) is 4.96. The van der Waals surface area contributed by atoms with Crippen molar-refractivity contribution in [2.45, 2.75) is 32.9 Å². The SMILES string of the molecule is COc1ccc(CNc2c(NC(=O)OC(C)(C)C)ccc(Cl)c2Oc2ccccc2)c(OC)c1. The van der Waals surface area contributed by atoms with E-state index in [0.717, 1.165) is 5.56 Å². The molecule has 0 aliphatic heterocycles. The number of carbonyl (C=O) groups is 1. The van der Waals surface area contributed by atoms with Gasteiger partial charge in [0.15, 0.2) is 5.75 Å². The summed E-state index contributed by atoms with van der Waals surface area (Å²) in [7, 11) is 3.19. The van der Waals surface area contributed by atoms with Gasteiger partial charge >= 0.3 is 6.09 Å². The Morgan fingerprint density at radius 2 is 1.68 bits per heavy atom. The standard InChI is InChI=1S/C26H29ClN2O5/c1-26(2,3)34-25(30)29-21-14-13-20(27)24(33-18-9-7-6-8-10-18)23(21)28-16-17-11-12-19(31-4)15-22(17)32-5/h6-15,28H,16H2,1-5H3,(H,29,30). The van der Waals surface area contributed by atoms with Crippen LogP contribution >= 0.6 is 11.6 Å². The predicted octanol–water partition coefficient (Wildman–Crippen LogP) is 7.11. The Morgan fingerprint density at radius 3 is 2.32 bits per heavy atom. The summed E-state index contributed by atoms with van der Waals surface area (Å²) in [5, 5.41) is 6.51. The number of para-hydroxylation sites is 1. The van der Waals surface area contributed by atoms with E-state index >= 15 is 0 Å². The number of methoxy groups -OCH3 is 2. The maximum absolute atomic E-state index is 12.5. The van der Waals surface area contributed by atoms with Crippen LogP contribution in [0.2, 0.25) is 5.02 Å². The number of halogens is 1. The van der Waals surface area contributed by atoms with Crippen LogP contribution in [0.1, 0.15) is 26.3 Å². The van der Waals surface area contributed by atoms with Gasteiger partial charge in [-0.15, -0.1) is 0 Å². The van der Waals surface area contributed by atoms with Crippen LogP contribution in [0.25, 0.3) is 0 Å². The average Bonchev–Trinajstić information content (AvgIpc) is 2.80. The van der Waals surface area contributed by atoms with Gasteiger partial charge in [0.2, 0.25) is 0 Å². The third kappa shape index (κ3) is 6.71. The number of hydrogen-bond donors (Lipinski definition) is 2. The minimum atomic E-state index is -0.649. The minimum absolute atomic E-state index is 0.363. The first-order valence-corrected chi connectivity index (χ1v) is 11.1. The van der Waals surface area contributed by atoms with Crippen molar-refractivity contribution in [3.63, 3.8) is 0 Å². The largest absolute Gasteiger partial charge is 0.497 e. The van der Waals surface area contributed by atoms with E-state index in [0.29, 0.717) is 45.9 Å². The van der Waals surface area contributed by atoms with Crippen molar-refractivity contribution in [1.29, 1.82) is 0 Å². The van der Waals surface area contributed by atoms with E-state index in [2.05, 4.69) is 10.6 Å². The number of anilines is 2. The van der Waals surface area contributed by atoms with Gasteiger partial charge in [0.1, 0.15) is 28.5 Å². The molecule has 3 aromatic rings. The Labute approximate surface area is 204 Å². The minimum Gasteiger partial charge on any atom is -0.497 e. The Bertz CT molecular complexity index is 1130. The Hall–Kier alpha value is -3.58. The molecule has 2 N–H and O–H groups in total. The predicted molar refractivity (Wildman–Crippen MR) is 135 cm³/mol. The van der Waals surface area contributed by atoms with Crippen LogP contribution in [-0.4, -0.2) is 25.9 Å². The summed E-state index contributed by atoms with van der Waals surface area (Å²) in [5.41, 5.74) is 1.18.